The average molecular weight is 581 g/mol. The van der Waals surface area contributed by atoms with Crippen molar-refractivity contribution in [1.29, 1.82) is 0 Å². The van der Waals surface area contributed by atoms with Crippen LogP contribution in [0.3, 0.4) is 0 Å². The molecule has 0 aliphatic carbocycles. The molecule has 0 aliphatic rings. The lowest BCUT2D eigenvalue weighted by Gasteiger charge is -2.38. The Morgan fingerprint density at radius 2 is 1.23 bits per heavy atom. The lowest BCUT2D eigenvalue weighted by Crippen LogP contribution is -2.44. The van der Waals surface area contributed by atoms with Crippen LogP contribution in [-0.4, -0.2) is 32.8 Å². The fraction of sp³-hybridized carbons (Fsp3) is 0.406. The van der Waals surface area contributed by atoms with Gasteiger partial charge in [0.2, 0.25) is 16.6 Å². The summed E-state index contributed by atoms with van der Waals surface area (Å²) in [6, 6.07) is 17.6. The molecule has 0 saturated heterocycles. The second-order valence-corrected chi connectivity index (χ2v) is 22.8. The highest BCUT2D eigenvalue weighted by Gasteiger charge is 2.41. The first-order chi connectivity index (χ1) is 18.3. The van der Waals surface area contributed by atoms with Crippen LogP contribution < -0.4 is 8.85 Å². The van der Waals surface area contributed by atoms with Gasteiger partial charge < -0.3 is 23.8 Å². The molecule has 0 aromatic heterocycles. The quantitative estimate of drug-likeness (QED) is 0.204. The number of esters is 1. The summed E-state index contributed by atoms with van der Waals surface area (Å²) < 4.78 is 18.8. The van der Waals surface area contributed by atoms with E-state index in [1.807, 2.05) is 48.5 Å². The molecule has 6 nitrogen and oxygen atoms in total. The first kappa shape index (κ1) is 31.3. The Kier molecular flexibility index (Phi) is 8.86. The summed E-state index contributed by atoms with van der Waals surface area (Å²) in [5.41, 5.74) is 1.77. The van der Waals surface area contributed by atoms with Crippen molar-refractivity contribution in [3.05, 3.63) is 71.8 Å². The van der Waals surface area contributed by atoms with E-state index in [1.54, 1.807) is 0 Å². The number of carbonyl (C=O) groups is 1. The molecule has 3 aromatic carbocycles. The standard InChI is InChI=1S/C32H44O6Si2/c1-31(2,3)39(7,8)37-24-16-23(17-25(18-24)38-40(9,10)32(4,5)6)26-19-27(29(34)20-28(26)33)30(35)36-21-22-14-12-11-13-15-22/h11-20,33-34H,21H2,1-10H3. The number of ether oxygens (including phenoxy) is 1. The van der Waals surface area contributed by atoms with E-state index in [0.29, 0.717) is 22.6 Å². The van der Waals surface area contributed by atoms with Gasteiger partial charge in [0.05, 0.1) is 0 Å². The van der Waals surface area contributed by atoms with Crippen LogP contribution in [0.2, 0.25) is 36.3 Å². The molecule has 3 aromatic rings. The monoisotopic (exact) mass is 580 g/mol. The molecule has 3 rings (SSSR count). The van der Waals surface area contributed by atoms with Gasteiger partial charge in [0.25, 0.3) is 0 Å². The van der Waals surface area contributed by atoms with Crippen molar-refractivity contribution < 1.29 is 28.6 Å². The van der Waals surface area contributed by atoms with Gasteiger partial charge in [0.1, 0.15) is 35.2 Å². The second kappa shape index (κ2) is 11.3. The number of hydrogen-bond acceptors (Lipinski definition) is 6. The maximum atomic E-state index is 13.0. The first-order valence-electron chi connectivity index (χ1n) is 13.6. The zero-order chi connectivity index (χ0) is 30.1. The number of hydrogen-bond donors (Lipinski definition) is 2. The zero-order valence-corrected chi connectivity index (χ0v) is 27.5. The van der Waals surface area contributed by atoms with Crippen LogP contribution in [0, 0.1) is 0 Å². The molecule has 0 bridgehead atoms. The SMILES string of the molecule is CC(C)(C)[Si](C)(C)Oc1cc(O[Si](C)(C)C(C)(C)C)cc(-c2cc(C(=O)OCc3ccccc3)c(O)cc2O)c1. The summed E-state index contributed by atoms with van der Waals surface area (Å²) in [6.07, 6.45) is 0. The van der Waals surface area contributed by atoms with Gasteiger partial charge in [0, 0.05) is 17.7 Å². The van der Waals surface area contributed by atoms with E-state index >= 15 is 0 Å². The van der Waals surface area contributed by atoms with E-state index in [4.69, 9.17) is 13.6 Å². The van der Waals surface area contributed by atoms with Crippen molar-refractivity contribution in [3.63, 3.8) is 0 Å². The first-order valence-corrected chi connectivity index (χ1v) is 19.4. The van der Waals surface area contributed by atoms with Crippen molar-refractivity contribution in [2.24, 2.45) is 0 Å². The van der Waals surface area contributed by atoms with Gasteiger partial charge in [-0.3, -0.25) is 0 Å². The molecule has 0 spiro atoms. The predicted octanol–water partition coefficient (Wildman–Crippen LogP) is 8.89. The summed E-state index contributed by atoms with van der Waals surface area (Å²) in [5, 5.41) is 21.4. The van der Waals surface area contributed by atoms with Gasteiger partial charge in [-0.15, -0.1) is 0 Å². The Balaban J connectivity index is 2.08. The molecule has 0 radical (unpaired) electrons. The Hall–Kier alpha value is -3.24. The van der Waals surface area contributed by atoms with Crippen molar-refractivity contribution >= 4 is 22.6 Å². The lowest BCUT2D eigenvalue weighted by molar-refractivity contribution is 0.0469. The van der Waals surface area contributed by atoms with Crippen LogP contribution in [0.4, 0.5) is 0 Å². The molecule has 40 heavy (non-hydrogen) atoms. The summed E-state index contributed by atoms with van der Waals surface area (Å²) >= 11 is 0. The van der Waals surface area contributed by atoms with Crippen LogP contribution >= 0.6 is 0 Å². The van der Waals surface area contributed by atoms with Crippen molar-refractivity contribution in [1.82, 2.24) is 0 Å². The molecule has 0 aliphatic heterocycles. The van der Waals surface area contributed by atoms with Crippen molar-refractivity contribution in [3.8, 4) is 34.1 Å². The normalized spacial score (nSPS) is 12.7. The molecule has 0 fully saturated rings. The second-order valence-electron chi connectivity index (χ2n) is 13.4. The molecule has 8 heteroatoms. The maximum Gasteiger partial charge on any atom is 0.342 e. The maximum absolute atomic E-state index is 13.0. The summed E-state index contributed by atoms with van der Waals surface area (Å²) in [6.45, 7) is 21.8. The topological polar surface area (TPSA) is 85.2 Å². The van der Waals surface area contributed by atoms with Crippen LogP contribution in [0.15, 0.2) is 60.7 Å². The highest BCUT2D eigenvalue weighted by molar-refractivity contribution is 6.75. The van der Waals surface area contributed by atoms with Gasteiger partial charge in [-0.05, 0) is 65.6 Å². The highest BCUT2D eigenvalue weighted by Crippen LogP contribution is 2.44. The Morgan fingerprint density at radius 3 is 1.70 bits per heavy atom. The predicted molar refractivity (Wildman–Crippen MR) is 166 cm³/mol. The van der Waals surface area contributed by atoms with E-state index < -0.39 is 22.6 Å². The van der Waals surface area contributed by atoms with E-state index in [9.17, 15) is 15.0 Å². The Bertz CT molecular complexity index is 1310. The average Bonchev–Trinajstić information content (AvgIpc) is 2.81. The molecule has 2 N–H and O–H groups in total. The Morgan fingerprint density at radius 1 is 0.725 bits per heavy atom. The van der Waals surface area contributed by atoms with Crippen LogP contribution in [0.1, 0.15) is 57.5 Å². The fourth-order valence-electron chi connectivity index (χ4n) is 3.51. The van der Waals surface area contributed by atoms with E-state index in [-0.39, 0.29) is 33.7 Å². The summed E-state index contributed by atoms with van der Waals surface area (Å²) in [4.78, 5) is 13.0. The number of carbonyl (C=O) groups excluding carboxylic acids is 1. The van der Waals surface area contributed by atoms with Crippen LogP contribution in [0.5, 0.6) is 23.0 Å². The molecule has 0 atom stereocenters. The van der Waals surface area contributed by atoms with Crippen LogP contribution in [0.25, 0.3) is 11.1 Å². The van der Waals surface area contributed by atoms with E-state index in [0.717, 1.165) is 5.56 Å². The van der Waals surface area contributed by atoms with Gasteiger partial charge in [-0.1, -0.05) is 71.9 Å². The number of benzene rings is 3. The molecule has 0 amide bonds. The van der Waals surface area contributed by atoms with E-state index in [1.165, 1.54) is 12.1 Å². The molecule has 216 valence electrons. The van der Waals surface area contributed by atoms with Gasteiger partial charge in [-0.25, -0.2) is 4.79 Å². The minimum absolute atomic E-state index is 0.0280. The largest absolute Gasteiger partial charge is 0.543 e. The van der Waals surface area contributed by atoms with Gasteiger partial charge in [-0.2, -0.15) is 0 Å². The number of phenols is 2. The highest BCUT2D eigenvalue weighted by atomic mass is 28.4. The molecular weight excluding hydrogens is 537 g/mol. The molecule has 0 saturated carbocycles. The summed E-state index contributed by atoms with van der Waals surface area (Å²) in [5.74, 6) is 0.0663. The number of phenolic OH excluding ortho intramolecular Hbond substituents is 2. The Labute approximate surface area is 241 Å². The minimum Gasteiger partial charge on any atom is -0.543 e. The molecule has 0 unspecified atom stereocenters. The minimum atomic E-state index is -2.20. The third-order valence-electron chi connectivity index (χ3n) is 8.10. The fourth-order valence-corrected chi connectivity index (χ4v) is 5.54. The third kappa shape index (κ3) is 7.28. The van der Waals surface area contributed by atoms with Crippen molar-refractivity contribution in [2.75, 3.05) is 0 Å². The smallest absolute Gasteiger partial charge is 0.342 e. The number of aromatic hydroxyl groups is 2. The van der Waals surface area contributed by atoms with Crippen LogP contribution in [-0.2, 0) is 11.3 Å². The zero-order valence-electron chi connectivity index (χ0n) is 25.5. The lowest BCUT2D eigenvalue weighted by atomic mass is 10.0. The molecule has 0 heterocycles. The number of rotatable bonds is 8. The van der Waals surface area contributed by atoms with Gasteiger partial charge in [0.15, 0.2) is 0 Å². The van der Waals surface area contributed by atoms with Gasteiger partial charge >= 0.3 is 5.97 Å². The van der Waals surface area contributed by atoms with E-state index in [2.05, 4.69) is 67.7 Å². The molecular formula is C32H44O6Si2. The summed E-state index contributed by atoms with van der Waals surface area (Å²) in [7, 11) is -4.41. The van der Waals surface area contributed by atoms with Crippen molar-refractivity contribution in [2.45, 2.75) is 84.4 Å². The third-order valence-corrected chi connectivity index (χ3v) is 16.8.